The number of hydrogen-bond acceptors (Lipinski definition) is 3. The lowest BCUT2D eigenvalue weighted by atomic mass is 10.1. The van der Waals surface area contributed by atoms with E-state index in [-0.39, 0.29) is 12.7 Å². The molecular formula is C15H20O3. The van der Waals surface area contributed by atoms with Crippen molar-refractivity contribution >= 4 is 0 Å². The van der Waals surface area contributed by atoms with Crippen molar-refractivity contribution in [2.45, 2.75) is 50.4 Å². The molecule has 1 unspecified atom stereocenters. The van der Waals surface area contributed by atoms with Crippen LogP contribution in [0.4, 0.5) is 0 Å². The minimum atomic E-state index is -0.438. The maximum absolute atomic E-state index is 9.17. The van der Waals surface area contributed by atoms with Crippen molar-refractivity contribution in [1.82, 2.24) is 0 Å². The van der Waals surface area contributed by atoms with E-state index in [2.05, 4.69) is 6.07 Å². The first-order valence-electron chi connectivity index (χ1n) is 6.87. The lowest BCUT2D eigenvalue weighted by Crippen LogP contribution is -2.39. The second kappa shape index (κ2) is 4.90. The van der Waals surface area contributed by atoms with Gasteiger partial charge >= 0.3 is 0 Å². The van der Waals surface area contributed by atoms with Gasteiger partial charge in [0.25, 0.3) is 0 Å². The largest absolute Gasteiger partial charge is 0.462 e. The van der Waals surface area contributed by atoms with Crippen LogP contribution in [0.2, 0.25) is 0 Å². The lowest BCUT2D eigenvalue weighted by molar-refractivity contribution is -0.203. The zero-order valence-electron chi connectivity index (χ0n) is 10.6. The predicted octanol–water partition coefficient (Wildman–Crippen LogP) is 2.66. The number of hydrogen-bond donors (Lipinski definition) is 1. The fourth-order valence-electron chi connectivity index (χ4n) is 3.03. The summed E-state index contributed by atoms with van der Waals surface area (Å²) in [7, 11) is 0. The van der Waals surface area contributed by atoms with E-state index in [0.29, 0.717) is 6.42 Å². The molecule has 98 valence electrons. The summed E-state index contributed by atoms with van der Waals surface area (Å²) in [5.41, 5.74) is 1.19. The predicted molar refractivity (Wildman–Crippen MR) is 68.5 cm³/mol. The SMILES string of the molecule is OCCC1Cc2ccccc2OC2(CCCC2)O1. The van der Waals surface area contributed by atoms with E-state index >= 15 is 0 Å². The zero-order valence-corrected chi connectivity index (χ0v) is 10.6. The zero-order chi connectivity index (χ0) is 12.4. The van der Waals surface area contributed by atoms with Crippen LogP contribution in [0.3, 0.4) is 0 Å². The Morgan fingerprint density at radius 1 is 1.22 bits per heavy atom. The van der Waals surface area contributed by atoms with Gasteiger partial charge in [-0.25, -0.2) is 0 Å². The van der Waals surface area contributed by atoms with Crippen LogP contribution >= 0.6 is 0 Å². The Hall–Kier alpha value is -1.06. The van der Waals surface area contributed by atoms with Gasteiger partial charge in [0.05, 0.1) is 6.10 Å². The number of para-hydroxylation sites is 1. The molecular weight excluding hydrogens is 228 g/mol. The summed E-state index contributed by atoms with van der Waals surface area (Å²) in [6.45, 7) is 0.170. The van der Waals surface area contributed by atoms with Crippen molar-refractivity contribution in [3.63, 3.8) is 0 Å². The Labute approximate surface area is 108 Å². The molecule has 3 heteroatoms. The monoisotopic (exact) mass is 248 g/mol. The van der Waals surface area contributed by atoms with Crippen LogP contribution in [0.25, 0.3) is 0 Å². The lowest BCUT2D eigenvalue weighted by Gasteiger charge is -2.31. The van der Waals surface area contributed by atoms with Crippen molar-refractivity contribution in [3.05, 3.63) is 29.8 Å². The molecule has 1 heterocycles. The van der Waals surface area contributed by atoms with E-state index in [1.165, 1.54) is 5.56 Å². The standard InChI is InChI=1S/C15H20O3/c16-10-7-13-11-12-5-1-2-6-14(12)18-15(17-13)8-3-4-9-15/h1-2,5-6,13,16H,3-4,7-11H2. The number of ether oxygens (including phenoxy) is 2. The third-order valence-electron chi connectivity index (χ3n) is 3.91. The number of benzene rings is 1. The Morgan fingerprint density at radius 2 is 2.00 bits per heavy atom. The third kappa shape index (κ3) is 2.25. The molecule has 1 saturated carbocycles. The van der Waals surface area contributed by atoms with Gasteiger partial charge in [-0.1, -0.05) is 18.2 Å². The summed E-state index contributed by atoms with van der Waals surface area (Å²) in [6, 6.07) is 8.16. The van der Waals surface area contributed by atoms with E-state index in [1.54, 1.807) is 0 Å². The second-order valence-electron chi connectivity index (χ2n) is 5.28. The minimum absolute atomic E-state index is 0.0664. The van der Waals surface area contributed by atoms with Crippen LogP contribution in [0.1, 0.15) is 37.7 Å². The smallest absolute Gasteiger partial charge is 0.210 e. The molecule has 1 aliphatic heterocycles. The van der Waals surface area contributed by atoms with Crippen molar-refractivity contribution < 1.29 is 14.6 Å². The summed E-state index contributed by atoms with van der Waals surface area (Å²) in [5, 5.41) is 9.17. The summed E-state index contributed by atoms with van der Waals surface area (Å²) >= 11 is 0. The molecule has 1 spiro atoms. The molecule has 0 saturated heterocycles. The first-order valence-corrected chi connectivity index (χ1v) is 6.87. The Morgan fingerprint density at radius 3 is 2.78 bits per heavy atom. The van der Waals surface area contributed by atoms with E-state index in [1.807, 2.05) is 18.2 Å². The van der Waals surface area contributed by atoms with Gasteiger partial charge in [-0.15, -0.1) is 0 Å². The molecule has 1 atom stereocenters. The highest BCUT2D eigenvalue weighted by Gasteiger charge is 2.41. The molecule has 0 bridgehead atoms. The topological polar surface area (TPSA) is 38.7 Å². The number of rotatable bonds is 2. The first kappa shape index (κ1) is 12.0. The van der Waals surface area contributed by atoms with Gasteiger partial charge in [-0.2, -0.15) is 0 Å². The molecule has 1 aromatic rings. The van der Waals surface area contributed by atoms with Gasteiger partial charge in [0.2, 0.25) is 5.79 Å². The van der Waals surface area contributed by atoms with Crippen molar-refractivity contribution in [2.24, 2.45) is 0 Å². The normalized spacial score (nSPS) is 25.5. The molecule has 0 radical (unpaired) electrons. The van der Waals surface area contributed by atoms with E-state index < -0.39 is 5.79 Å². The first-order chi connectivity index (χ1) is 8.81. The number of aliphatic hydroxyl groups is 1. The van der Waals surface area contributed by atoms with Crippen LogP contribution in [0.15, 0.2) is 24.3 Å². The van der Waals surface area contributed by atoms with Gasteiger partial charge in [0.1, 0.15) is 5.75 Å². The summed E-state index contributed by atoms with van der Waals surface area (Å²) in [5.74, 6) is 0.520. The van der Waals surface area contributed by atoms with Crippen molar-refractivity contribution in [3.8, 4) is 5.75 Å². The molecule has 18 heavy (non-hydrogen) atoms. The summed E-state index contributed by atoms with van der Waals surface area (Å²) in [4.78, 5) is 0. The molecule has 3 nitrogen and oxygen atoms in total. The molecule has 1 fully saturated rings. The molecule has 0 aromatic heterocycles. The van der Waals surface area contributed by atoms with Crippen LogP contribution in [-0.2, 0) is 11.2 Å². The van der Waals surface area contributed by atoms with Crippen LogP contribution < -0.4 is 4.74 Å². The summed E-state index contributed by atoms with van der Waals surface area (Å²) in [6.07, 6.45) is 5.82. The van der Waals surface area contributed by atoms with E-state index in [4.69, 9.17) is 14.6 Å². The average molecular weight is 248 g/mol. The highest BCUT2D eigenvalue weighted by molar-refractivity contribution is 5.35. The summed E-state index contributed by atoms with van der Waals surface area (Å²) < 4.78 is 12.4. The van der Waals surface area contributed by atoms with Gasteiger partial charge in [0, 0.05) is 25.9 Å². The minimum Gasteiger partial charge on any atom is -0.462 e. The van der Waals surface area contributed by atoms with Crippen molar-refractivity contribution in [2.75, 3.05) is 6.61 Å². The third-order valence-corrected chi connectivity index (χ3v) is 3.91. The van der Waals surface area contributed by atoms with Gasteiger partial charge in [-0.05, 0) is 30.9 Å². The molecule has 1 N–H and O–H groups in total. The molecule has 0 amide bonds. The van der Waals surface area contributed by atoms with Crippen molar-refractivity contribution in [1.29, 1.82) is 0 Å². The fraction of sp³-hybridized carbons (Fsp3) is 0.600. The van der Waals surface area contributed by atoms with Gasteiger partial charge in [-0.3, -0.25) is 0 Å². The molecule has 3 rings (SSSR count). The fourth-order valence-corrected chi connectivity index (χ4v) is 3.03. The highest BCUT2D eigenvalue weighted by atomic mass is 16.7. The number of aliphatic hydroxyl groups excluding tert-OH is 1. The number of fused-ring (bicyclic) bond motifs is 1. The maximum atomic E-state index is 9.17. The van der Waals surface area contributed by atoms with Crippen LogP contribution in [0, 0.1) is 0 Å². The molecule has 2 aliphatic rings. The maximum Gasteiger partial charge on any atom is 0.210 e. The van der Waals surface area contributed by atoms with E-state index in [0.717, 1.165) is 37.9 Å². The second-order valence-corrected chi connectivity index (χ2v) is 5.28. The Bertz CT molecular complexity index is 410. The Kier molecular flexibility index (Phi) is 3.27. The molecule has 1 aromatic carbocycles. The quantitative estimate of drug-likeness (QED) is 0.874. The van der Waals surface area contributed by atoms with Gasteiger partial charge in [0.15, 0.2) is 0 Å². The van der Waals surface area contributed by atoms with E-state index in [9.17, 15) is 0 Å². The average Bonchev–Trinajstić information content (AvgIpc) is 2.73. The molecule has 1 aliphatic carbocycles. The van der Waals surface area contributed by atoms with Crippen LogP contribution in [-0.4, -0.2) is 23.6 Å². The van der Waals surface area contributed by atoms with Gasteiger partial charge < -0.3 is 14.6 Å². The Balaban J connectivity index is 1.92. The van der Waals surface area contributed by atoms with Crippen LogP contribution in [0.5, 0.6) is 5.75 Å². The highest BCUT2D eigenvalue weighted by Crippen LogP contribution is 2.40.